The first-order chi connectivity index (χ1) is 12.5. The van der Waals surface area contributed by atoms with Crippen molar-refractivity contribution in [3.8, 4) is 0 Å². The maximum atomic E-state index is 11.8. The molecule has 0 aliphatic carbocycles. The summed E-state index contributed by atoms with van der Waals surface area (Å²) >= 11 is 0. The molecular weight excluding hydrogens is 368 g/mol. The fraction of sp³-hybridized carbons (Fsp3) is 0.643. The van der Waals surface area contributed by atoms with E-state index in [1.165, 1.54) is 6.92 Å². The molecule has 13 heteroatoms. The molecule has 0 rings (SSSR count). The maximum Gasteiger partial charge on any atom is 0.328 e. The van der Waals surface area contributed by atoms with E-state index < -0.39 is 73.5 Å². The fourth-order valence-corrected chi connectivity index (χ4v) is 1.66. The second kappa shape index (κ2) is 11.8. The molecule has 0 aromatic carbocycles. The van der Waals surface area contributed by atoms with E-state index in [1.807, 2.05) is 0 Å². The van der Waals surface area contributed by atoms with Crippen LogP contribution in [0.4, 0.5) is 0 Å². The van der Waals surface area contributed by atoms with Gasteiger partial charge in [0.25, 0.3) is 0 Å². The van der Waals surface area contributed by atoms with Crippen LogP contribution in [-0.4, -0.2) is 82.4 Å². The molecule has 9 N–H and O–H groups in total. The summed E-state index contributed by atoms with van der Waals surface area (Å²) in [5.74, 6) is -5.66. The van der Waals surface area contributed by atoms with Gasteiger partial charge in [0.1, 0.15) is 12.1 Å². The van der Waals surface area contributed by atoms with E-state index in [4.69, 9.17) is 31.5 Å². The Morgan fingerprint density at radius 1 is 0.889 bits per heavy atom. The number of hydrogen-bond acceptors (Lipinski definition) is 8. The van der Waals surface area contributed by atoms with Crippen LogP contribution >= 0.6 is 0 Å². The molecule has 0 spiro atoms. The van der Waals surface area contributed by atoms with Gasteiger partial charge in [0.05, 0.1) is 19.3 Å². The highest BCUT2D eigenvalue weighted by molar-refractivity contribution is 5.87. The monoisotopic (exact) mass is 392 g/mol. The van der Waals surface area contributed by atoms with Crippen LogP contribution in [0.2, 0.25) is 0 Å². The zero-order valence-electron chi connectivity index (χ0n) is 14.6. The number of rotatable bonds is 13. The van der Waals surface area contributed by atoms with E-state index in [2.05, 4.69) is 10.6 Å². The normalized spacial score (nSPS) is 15.1. The lowest BCUT2D eigenvalue weighted by molar-refractivity contribution is -0.145. The number of amides is 2. The molecule has 0 aromatic heterocycles. The summed E-state index contributed by atoms with van der Waals surface area (Å²) in [6, 6.07) is -5.14. The SMILES string of the molecule is C[C@@H](N)C(=O)N[C@H](CCC(=O)N[C@@H](COC[C@H](N)C(=O)O)C(=O)O)C(=O)O. The summed E-state index contributed by atoms with van der Waals surface area (Å²) in [6.07, 6.45) is -0.689. The van der Waals surface area contributed by atoms with Crippen molar-refractivity contribution in [2.75, 3.05) is 13.2 Å². The minimum atomic E-state index is -1.49. The third-order valence-corrected chi connectivity index (χ3v) is 3.22. The summed E-state index contributed by atoms with van der Waals surface area (Å²) in [7, 11) is 0. The molecule has 13 nitrogen and oxygen atoms in total. The van der Waals surface area contributed by atoms with Crippen LogP contribution in [0, 0.1) is 0 Å². The standard InChI is InChI=1S/C14H24N4O9/c1-6(15)11(20)18-8(13(23)24)2-3-10(19)17-9(14(25)26)5-27-4-7(16)12(21)22/h6-9H,2-5,15-16H2,1H3,(H,17,19)(H,18,20)(H,21,22)(H,23,24)(H,25,26)/t6-,7+,8-,9+/m1/s1. The second-order valence-corrected chi connectivity index (χ2v) is 5.67. The molecule has 0 unspecified atom stereocenters. The number of nitrogens with one attached hydrogen (secondary N) is 2. The maximum absolute atomic E-state index is 11.8. The zero-order valence-corrected chi connectivity index (χ0v) is 14.6. The Morgan fingerprint density at radius 3 is 1.89 bits per heavy atom. The molecule has 4 atom stereocenters. The molecule has 0 bridgehead atoms. The van der Waals surface area contributed by atoms with Gasteiger partial charge in [0, 0.05) is 6.42 Å². The van der Waals surface area contributed by atoms with Crippen LogP contribution in [0.3, 0.4) is 0 Å². The number of carboxylic acid groups (broad SMARTS) is 3. The Hall–Kier alpha value is -2.77. The first-order valence-corrected chi connectivity index (χ1v) is 7.82. The van der Waals surface area contributed by atoms with Crippen molar-refractivity contribution in [2.45, 2.75) is 43.9 Å². The predicted molar refractivity (Wildman–Crippen MR) is 88.4 cm³/mol. The van der Waals surface area contributed by atoms with Gasteiger partial charge < -0.3 is 42.2 Å². The lowest BCUT2D eigenvalue weighted by Gasteiger charge is -2.18. The van der Waals surface area contributed by atoms with Crippen molar-refractivity contribution in [2.24, 2.45) is 11.5 Å². The summed E-state index contributed by atoms with van der Waals surface area (Å²) in [5, 5.41) is 30.9. The second-order valence-electron chi connectivity index (χ2n) is 5.67. The number of hydrogen-bond donors (Lipinski definition) is 7. The Kier molecular flexibility index (Phi) is 10.6. The Morgan fingerprint density at radius 2 is 1.44 bits per heavy atom. The van der Waals surface area contributed by atoms with Crippen LogP contribution < -0.4 is 22.1 Å². The Balaban J connectivity index is 4.54. The highest BCUT2D eigenvalue weighted by Crippen LogP contribution is 2.00. The first-order valence-electron chi connectivity index (χ1n) is 7.82. The molecule has 0 aliphatic heterocycles. The van der Waals surface area contributed by atoms with Gasteiger partial charge in [0.2, 0.25) is 11.8 Å². The van der Waals surface area contributed by atoms with E-state index in [1.54, 1.807) is 0 Å². The zero-order chi connectivity index (χ0) is 21.1. The van der Waals surface area contributed by atoms with Crippen LogP contribution in [0.5, 0.6) is 0 Å². The van der Waals surface area contributed by atoms with Crippen LogP contribution in [0.25, 0.3) is 0 Å². The first kappa shape index (κ1) is 24.2. The van der Waals surface area contributed by atoms with Crippen molar-refractivity contribution in [3.63, 3.8) is 0 Å². The average Bonchev–Trinajstić information content (AvgIpc) is 2.56. The number of carbonyl (C=O) groups excluding carboxylic acids is 2. The number of ether oxygens (including phenoxy) is 1. The molecular formula is C14H24N4O9. The van der Waals surface area contributed by atoms with Gasteiger partial charge in [-0.25, -0.2) is 9.59 Å². The van der Waals surface area contributed by atoms with E-state index in [0.717, 1.165) is 0 Å². The highest BCUT2D eigenvalue weighted by Gasteiger charge is 2.25. The quantitative estimate of drug-likeness (QED) is 0.164. The predicted octanol–water partition coefficient (Wildman–Crippen LogP) is -3.32. The smallest absolute Gasteiger partial charge is 0.328 e. The lowest BCUT2D eigenvalue weighted by Crippen LogP contribution is -2.48. The van der Waals surface area contributed by atoms with Crippen LogP contribution in [0.1, 0.15) is 19.8 Å². The summed E-state index contributed by atoms with van der Waals surface area (Å²) < 4.78 is 4.86. The van der Waals surface area contributed by atoms with Crippen molar-refractivity contribution in [1.29, 1.82) is 0 Å². The molecule has 0 saturated heterocycles. The Labute approximate surface area is 154 Å². The molecule has 154 valence electrons. The van der Waals surface area contributed by atoms with Crippen molar-refractivity contribution < 1.29 is 44.0 Å². The van der Waals surface area contributed by atoms with E-state index in [9.17, 15) is 24.0 Å². The number of nitrogens with two attached hydrogens (primary N) is 2. The van der Waals surface area contributed by atoms with E-state index in [-0.39, 0.29) is 6.42 Å². The van der Waals surface area contributed by atoms with Gasteiger partial charge in [-0.05, 0) is 13.3 Å². The lowest BCUT2D eigenvalue weighted by atomic mass is 10.1. The van der Waals surface area contributed by atoms with E-state index in [0.29, 0.717) is 0 Å². The summed E-state index contributed by atoms with van der Waals surface area (Å²) in [4.78, 5) is 56.0. The van der Waals surface area contributed by atoms with Crippen molar-refractivity contribution in [3.05, 3.63) is 0 Å². The van der Waals surface area contributed by atoms with Crippen LogP contribution in [-0.2, 0) is 28.7 Å². The molecule has 0 aliphatic rings. The molecule has 0 heterocycles. The van der Waals surface area contributed by atoms with Crippen LogP contribution in [0.15, 0.2) is 0 Å². The topological polar surface area (TPSA) is 231 Å². The molecule has 0 aromatic rings. The summed E-state index contributed by atoms with van der Waals surface area (Å²) in [6.45, 7) is 0.361. The van der Waals surface area contributed by atoms with Crippen molar-refractivity contribution >= 4 is 29.7 Å². The Bertz CT molecular complexity index is 567. The van der Waals surface area contributed by atoms with Gasteiger partial charge in [0.15, 0.2) is 6.04 Å². The number of carboxylic acids is 3. The number of carbonyl (C=O) groups is 5. The average molecular weight is 392 g/mol. The van der Waals surface area contributed by atoms with Gasteiger partial charge >= 0.3 is 17.9 Å². The molecule has 27 heavy (non-hydrogen) atoms. The van der Waals surface area contributed by atoms with Gasteiger partial charge in [-0.2, -0.15) is 0 Å². The molecule has 0 fully saturated rings. The van der Waals surface area contributed by atoms with Gasteiger partial charge in [-0.1, -0.05) is 0 Å². The molecule has 2 amide bonds. The van der Waals surface area contributed by atoms with Crippen molar-refractivity contribution in [1.82, 2.24) is 10.6 Å². The third kappa shape index (κ3) is 10.1. The minimum absolute atomic E-state index is 0.295. The van der Waals surface area contributed by atoms with Gasteiger partial charge in [-0.15, -0.1) is 0 Å². The third-order valence-electron chi connectivity index (χ3n) is 3.22. The fourth-order valence-electron chi connectivity index (χ4n) is 1.66. The minimum Gasteiger partial charge on any atom is -0.480 e. The highest BCUT2D eigenvalue weighted by atomic mass is 16.5. The molecule has 0 saturated carbocycles. The molecule has 0 radical (unpaired) electrons. The van der Waals surface area contributed by atoms with E-state index >= 15 is 0 Å². The van der Waals surface area contributed by atoms with Gasteiger partial charge in [-0.3, -0.25) is 14.4 Å². The summed E-state index contributed by atoms with van der Waals surface area (Å²) in [5.41, 5.74) is 10.5. The number of aliphatic carboxylic acids is 3. The largest absolute Gasteiger partial charge is 0.480 e.